The van der Waals surface area contributed by atoms with Crippen molar-refractivity contribution in [3.05, 3.63) is 53.6 Å². The quantitative estimate of drug-likeness (QED) is 0.804. The Morgan fingerprint density at radius 1 is 1.15 bits per heavy atom. The fraction of sp³-hybridized carbons (Fsp3) is 0.350. The number of methoxy groups -OCH3 is 1. The van der Waals surface area contributed by atoms with E-state index in [1.807, 2.05) is 11.0 Å². The number of carbonyl (C=O) groups is 1. The number of benzene rings is 2. The molecule has 2 heterocycles. The van der Waals surface area contributed by atoms with Gasteiger partial charge in [-0.25, -0.2) is 0 Å². The van der Waals surface area contributed by atoms with E-state index in [9.17, 15) is 18.0 Å². The Hall–Kier alpha value is -2.70. The maximum atomic E-state index is 13.2. The predicted molar refractivity (Wildman–Crippen MR) is 96.0 cm³/mol. The third-order valence-corrected chi connectivity index (χ3v) is 5.18. The highest BCUT2D eigenvalue weighted by Gasteiger charge is 2.42. The highest BCUT2D eigenvalue weighted by atomic mass is 19.4. The topological polar surface area (TPSA) is 32.8 Å². The third-order valence-electron chi connectivity index (χ3n) is 5.18. The fourth-order valence-electron chi connectivity index (χ4n) is 3.89. The van der Waals surface area contributed by atoms with Crippen molar-refractivity contribution in [3.8, 4) is 5.75 Å². The van der Waals surface area contributed by atoms with Crippen LogP contribution in [0.3, 0.4) is 0 Å². The van der Waals surface area contributed by atoms with Crippen LogP contribution in [0.5, 0.6) is 5.75 Å². The molecule has 27 heavy (non-hydrogen) atoms. The molecule has 0 radical (unpaired) electrons. The van der Waals surface area contributed by atoms with Gasteiger partial charge < -0.3 is 14.5 Å². The average Bonchev–Trinajstić information content (AvgIpc) is 3.14. The molecule has 4 rings (SSSR count). The van der Waals surface area contributed by atoms with E-state index in [0.29, 0.717) is 30.1 Å². The molecule has 142 valence electrons. The Labute approximate surface area is 155 Å². The van der Waals surface area contributed by atoms with Crippen molar-refractivity contribution in [3.63, 3.8) is 0 Å². The minimum atomic E-state index is -4.46. The van der Waals surface area contributed by atoms with Gasteiger partial charge in [0, 0.05) is 6.54 Å². The van der Waals surface area contributed by atoms with Crippen molar-refractivity contribution in [1.82, 2.24) is 0 Å². The number of rotatable bonds is 3. The Morgan fingerprint density at radius 2 is 1.96 bits per heavy atom. The van der Waals surface area contributed by atoms with E-state index in [1.54, 1.807) is 25.3 Å². The molecule has 2 aromatic rings. The third kappa shape index (κ3) is 3.11. The van der Waals surface area contributed by atoms with Crippen molar-refractivity contribution in [1.29, 1.82) is 0 Å². The normalized spacial score (nSPS) is 19.1. The van der Waals surface area contributed by atoms with Crippen LogP contribution in [0.1, 0.15) is 24.0 Å². The van der Waals surface area contributed by atoms with E-state index >= 15 is 0 Å². The van der Waals surface area contributed by atoms with Crippen LogP contribution in [0.2, 0.25) is 0 Å². The van der Waals surface area contributed by atoms with Gasteiger partial charge in [0.15, 0.2) is 0 Å². The maximum Gasteiger partial charge on any atom is 0.416 e. The molecule has 1 amide bonds. The number of alkyl halides is 3. The van der Waals surface area contributed by atoms with E-state index < -0.39 is 11.7 Å². The SMILES string of the molecule is COc1cccc(CN2C(=O)C3CCCN3c3ccc(C(F)(F)F)cc32)c1. The lowest BCUT2D eigenvalue weighted by Crippen LogP contribution is -2.50. The van der Waals surface area contributed by atoms with E-state index in [2.05, 4.69) is 0 Å². The van der Waals surface area contributed by atoms with Crippen LogP contribution in [-0.4, -0.2) is 25.6 Å². The summed E-state index contributed by atoms with van der Waals surface area (Å²) >= 11 is 0. The zero-order valence-electron chi connectivity index (χ0n) is 14.8. The highest BCUT2D eigenvalue weighted by Crippen LogP contribution is 2.43. The Kier molecular flexibility index (Phi) is 4.25. The number of ether oxygens (including phenoxy) is 1. The summed E-state index contributed by atoms with van der Waals surface area (Å²) in [6.45, 7) is 0.885. The second-order valence-corrected chi connectivity index (χ2v) is 6.83. The molecule has 0 N–H and O–H groups in total. The van der Waals surface area contributed by atoms with Gasteiger partial charge in [-0.3, -0.25) is 4.79 Å². The molecule has 0 saturated carbocycles. The van der Waals surface area contributed by atoms with Crippen molar-refractivity contribution < 1.29 is 22.7 Å². The monoisotopic (exact) mass is 376 g/mol. The summed E-state index contributed by atoms with van der Waals surface area (Å²) in [5, 5.41) is 0. The summed E-state index contributed by atoms with van der Waals surface area (Å²) in [5.41, 5.74) is 1.06. The first kappa shape index (κ1) is 17.7. The van der Waals surface area contributed by atoms with E-state index in [4.69, 9.17) is 4.74 Å². The van der Waals surface area contributed by atoms with Gasteiger partial charge >= 0.3 is 6.18 Å². The number of anilines is 2. The molecule has 2 aliphatic heterocycles. The molecule has 1 saturated heterocycles. The lowest BCUT2D eigenvalue weighted by Gasteiger charge is -2.40. The Bertz CT molecular complexity index is 882. The fourth-order valence-corrected chi connectivity index (χ4v) is 3.89. The second kappa shape index (κ2) is 6.48. The van der Waals surface area contributed by atoms with Gasteiger partial charge in [-0.05, 0) is 48.7 Å². The van der Waals surface area contributed by atoms with Crippen LogP contribution in [0.4, 0.5) is 24.5 Å². The highest BCUT2D eigenvalue weighted by molar-refractivity contribution is 6.06. The number of hydrogen-bond acceptors (Lipinski definition) is 3. The van der Waals surface area contributed by atoms with Crippen LogP contribution >= 0.6 is 0 Å². The largest absolute Gasteiger partial charge is 0.497 e. The standard InChI is InChI=1S/C20H19F3N2O2/c1-27-15-5-2-4-13(10-15)12-25-18-11-14(20(21,22)23)7-8-16(18)24-9-3-6-17(24)19(25)26/h2,4-5,7-8,10-11,17H,3,6,9,12H2,1H3. The van der Waals surface area contributed by atoms with E-state index in [-0.39, 0.29) is 18.5 Å². The van der Waals surface area contributed by atoms with Gasteiger partial charge in [0.05, 0.1) is 30.6 Å². The summed E-state index contributed by atoms with van der Waals surface area (Å²) in [6.07, 6.45) is -2.89. The minimum absolute atomic E-state index is 0.151. The first-order valence-corrected chi connectivity index (χ1v) is 8.80. The Morgan fingerprint density at radius 3 is 2.70 bits per heavy atom. The summed E-state index contributed by atoms with van der Waals surface area (Å²) in [6, 6.07) is 10.6. The molecule has 2 aromatic carbocycles. The molecule has 2 aliphatic rings. The molecule has 4 nitrogen and oxygen atoms in total. The van der Waals surface area contributed by atoms with Crippen molar-refractivity contribution in [2.45, 2.75) is 31.6 Å². The lowest BCUT2D eigenvalue weighted by atomic mass is 10.0. The van der Waals surface area contributed by atoms with Gasteiger partial charge in [0.2, 0.25) is 5.91 Å². The number of hydrogen-bond donors (Lipinski definition) is 0. The van der Waals surface area contributed by atoms with Crippen molar-refractivity contribution in [2.75, 3.05) is 23.5 Å². The smallest absolute Gasteiger partial charge is 0.416 e. The average molecular weight is 376 g/mol. The molecule has 0 spiro atoms. The zero-order chi connectivity index (χ0) is 19.2. The first-order valence-electron chi connectivity index (χ1n) is 8.80. The summed E-state index contributed by atoms with van der Waals surface area (Å²) in [7, 11) is 1.55. The molecular weight excluding hydrogens is 357 g/mol. The molecule has 1 fully saturated rings. The summed E-state index contributed by atoms with van der Waals surface area (Å²) < 4.78 is 44.9. The molecule has 0 aliphatic carbocycles. The van der Waals surface area contributed by atoms with Gasteiger partial charge in [-0.1, -0.05) is 12.1 Å². The number of carbonyl (C=O) groups excluding carboxylic acids is 1. The Balaban J connectivity index is 1.78. The molecule has 1 unspecified atom stereocenters. The van der Waals surface area contributed by atoms with Gasteiger partial charge in [-0.2, -0.15) is 13.2 Å². The molecule has 7 heteroatoms. The molecule has 1 atom stereocenters. The number of nitrogens with zero attached hydrogens (tertiary/aromatic N) is 2. The van der Waals surface area contributed by atoms with Crippen molar-refractivity contribution >= 4 is 17.3 Å². The van der Waals surface area contributed by atoms with Crippen LogP contribution in [0.25, 0.3) is 0 Å². The summed E-state index contributed by atoms with van der Waals surface area (Å²) in [5.74, 6) is 0.492. The molecule has 0 bridgehead atoms. The number of fused-ring (bicyclic) bond motifs is 3. The molecule has 0 aromatic heterocycles. The van der Waals surface area contributed by atoms with Crippen LogP contribution in [-0.2, 0) is 17.5 Å². The van der Waals surface area contributed by atoms with Crippen LogP contribution < -0.4 is 14.5 Å². The zero-order valence-corrected chi connectivity index (χ0v) is 14.8. The van der Waals surface area contributed by atoms with E-state index in [1.165, 1.54) is 11.0 Å². The van der Waals surface area contributed by atoms with Gasteiger partial charge in [0.1, 0.15) is 11.8 Å². The second-order valence-electron chi connectivity index (χ2n) is 6.83. The maximum absolute atomic E-state index is 13.2. The number of halogens is 3. The van der Waals surface area contributed by atoms with Crippen LogP contribution in [0, 0.1) is 0 Å². The van der Waals surface area contributed by atoms with Gasteiger partial charge in [-0.15, -0.1) is 0 Å². The minimum Gasteiger partial charge on any atom is -0.497 e. The van der Waals surface area contributed by atoms with Crippen LogP contribution in [0.15, 0.2) is 42.5 Å². The molecular formula is C20H19F3N2O2. The van der Waals surface area contributed by atoms with E-state index in [0.717, 1.165) is 24.1 Å². The lowest BCUT2D eigenvalue weighted by molar-refractivity contribution is -0.137. The number of amides is 1. The first-order chi connectivity index (χ1) is 12.9. The summed E-state index contributed by atoms with van der Waals surface area (Å²) in [4.78, 5) is 16.5. The van der Waals surface area contributed by atoms with Gasteiger partial charge in [0.25, 0.3) is 0 Å². The van der Waals surface area contributed by atoms with Crippen molar-refractivity contribution in [2.24, 2.45) is 0 Å². The predicted octanol–water partition coefficient (Wildman–Crippen LogP) is 4.23.